The average Bonchev–Trinajstić information content (AvgIpc) is 2.58. The number of imidazole rings is 1. The molecule has 1 aromatic heterocycles. The fourth-order valence-corrected chi connectivity index (χ4v) is 1.09. The molecule has 1 aromatic rings. The molecule has 0 saturated carbocycles. The van der Waals surface area contributed by atoms with Gasteiger partial charge in [0.1, 0.15) is 12.1 Å². The first-order valence-corrected chi connectivity index (χ1v) is 4.17. The van der Waals surface area contributed by atoms with Crippen LogP contribution in [0.1, 0.15) is 31.3 Å². The molecule has 0 saturated heterocycles. The van der Waals surface area contributed by atoms with Crippen LogP contribution in [0.25, 0.3) is 0 Å². The van der Waals surface area contributed by atoms with Crippen molar-refractivity contribution < 1.29 is 5.11 Å². The Morgan fingerprint density at radius 3 is 2.50 bits per heavy atom. The van der Waals surface area contributed by atoms with Gasteiger partial charge in [-0.1, -0.05) is 0 Å². The van der Waals surface area contributed by atoms with Crippen LogP contribution in [0, 0.1) is 22.7 Å². The molecule has 0 amide bonds. The summed E-state index contributed by atoms with van der Waals surface area (Å²) in [7, 11) is 0. The number of nitrogens with zero attached hydrogens (tertiary/aromatic N) is 4. The smallest absolute Gasteiger partial charge is 0.176 e. The minimum Gasteiger partial charge on any atom is -0.391 e. The molecule has 0 aromatic carbocycles. The van der Waals surface area contributed by atoms with Gasteiger partial charge in [-0.2, -0.15) is 10.5 Å². The molecular formula is C9H10N4O. The van der Waals surface area contributed by atoms with Crippen LogP contribution in [0.2, 0.25) is 0 Å². The standard InChI is InChI=1S/C9H10N4O/c1-6(7(2)14)13-5-12-8(3-10)9(13)4-11/h5-7,14H,1-2H3. The second-order valence-electron chi connectivity index (χ2n) is 3.05. The molecule has 5 nitrogen and oxygen atoms in total. The molecule has 14 heavy (non-hydrogen) atoms. The van der Waals surface area contributed by atoms with Gasteiger partial charge in [-0.15, -0.1) is 0 Å². The van der Waals surface area contributed by atoms with Crippen molar-refractivity contribution in [2.45, 2.75) is 26.0 Å². The van der Waals surface area contributed by atoms with Gasteiger partial charge in [0, 0.05) is 0 Å². The van der Waals surface area contributed by atoms with E-state index in [1.54, 1.807) is 13.8 Å². The van der Waals surface area contributed by atoms with Gasteiger partial charge in [-0.3, -0.25) is 0 Å². The number of hydrogen-bond acceptors (Lipinski definition) is 4. The van der Waals surface area contributed by atoms with E-state index in [9.17, 15) is 5.11 Å². The highest BCUT2D eigenvalue weighted by molar-refractivity contribution is 5.36. The van der Waals surface area contributed by atoms with Gasteiger partial charge in [0.15, 0.2) is 11.4 Å². The zero-order valence-electron chi connectivity index (χ0n) is 7.97. The highest BCUT2D eigenvalue weighted by Gasteiger charge is 2.17. The summed E-state index contributed by atoms with van der Waals surface area (Å²) in [6, 6.07) is 3.46. The first kappa shape index (κ1) is 10.2. The average molecular weight is 190 g/mol. The maximum absolute atomic E-state index is 9.34. The predicted octanol–water partition coefficient (Wildman–Crippen LogP) is 0.568. The van der Waals surface area contributed by atoms with E-state index < -0.39 is 6.10 Å². The number of aliphatic hydroxyl groups excluding tert-OH is 1. The summed E-state index contributed by atoms with van der Waals surface area (Å²) < 4.78 is 1.50. The molecule has 0 aliphatic heterocycles. The summed E-state index contributed by atoms with van der Waals surface area (Å²) >= 11 is 0. The largest absolute Gasteiger partial charge is 0.391 e. The Labute approximate surface area is 81.8 Å². The van der Waals surface area contributed by atoms with Crippen LogP contribution in [-0.2, 0) is 0 Å². The van der Waals surface area contributed by atoms with Gasteiger partial charge in [-0.25, -0.2) is 4.98 Å². The van der Waals surface area contributed by atoms with Crippen LogP contribution in [0.4, 0.5) is 0 Å². The number of nitriles is 2. The lowest BCUT2D eigenvalue weighted by Crippen LogP contribution is -2.18. The predicted molar refractivity (Wildman–Crippen MR) is 48.0 cm³/mol. The molecule has 5 heteroatoms. The monoisotopic (exact) mass is 190 g/mol. The lowest BCUT2D eigenvalue weighted by atomic mass is 10.2. The van der Waals surface area contributed by atoms with Crippen LogP contribution < -0.4 is 0 Å². The van der Waals surface area contributed by atoms with Crippen LogP contribution in [0.3, 0.4) is 0 Å². The molecule has 0 aliphatic carbocycles. The molecule has 1 N–H and O–H groups in total. The van der Waals surface area contributed by atoms with Crippen molar-refractivity contribution in [2.75, 3.05) is 0 Å². The normalized spacial score (nSPS) is 14.1. The Kier molecular flexibility index (Phi) is 2.85. The van der Waals surface area contributed by atoms with Crippen LogP contribution in [0.15, 0.2) is 6.33 Å². The van der Waals surface area contributed by atoms with Crippen molar-refractivity contribution in [3.63, 3.8) is 0 Å². The molecule has 0 fully saturated rings. The third-order valence-electron chi connectivity index (χ3n) is 2.14. The van der Waals surface area contributed by atoms with Gasteiger partial charge in [0.25, 0.3) is 0 Å². The topological polar surface area (TPSA) is 85.6 Å². The van der Waals surface area contributed by atoms with E-state index in [1.807, 2.05) is 12.1 Å². The summed E-state index contributed by atoms with van der Waals surface area (Å²) in [5.41, 5.74) is 0.293. The quantitative estimate of drug-likeness (QED) is 0.738. The molecule has 1 heterocycles. The molecule has 0 bridgehead atoms. The highest BCUT2D eigenvalue weighted by Crippen LogP contribution is 2.15. The van der Waals surface area contributed by atoms with E-state index >= 15 is 0 Å². The zero-order chi connectivity index (χ0) is 10.7. The third kappa shape index (κ3) is 1.59. The molecule has 2 unspecified atom stereocenters. The van der Waals surface area contributed by atoms with E-state index in [2.05, 4.69) is 4.98 Å². The first-order chi connectivity index (χ1) is 6.61. The lowest BCUT2D eigenvalue weighted by molar-refractivity contribution is 0.138. The minimum absolute atomic E-state index is 0.0972. The Morgan fingerprint density at radius 1 is 1.43 bits per heavy atom. The Hall–Kier alpha value is -1.85. The van der Waals surface area contributed by atoms with E-state index in [4.69, 9.17) is 10.5 Å². The van der Waals surface area contributed by atoms with Crippen molar-refractivity contribution in [1.82, 2.24) is 9.55 Å². The minimum atomic E-state index is -0.595. The summed E-state index contributed by atoms with van der Waals surface area (Å²) in [6.45, 7) is 3.38. The summed E-state index contributed by atoms with van der Waals surface area (Å²) in [4.78, 5) is 3.78. The van der Waals surface area contributed by atoms with Crippen LogP contribution >= 0.6 is 0 Å². The van der Waals surface area contributed by atoms with E-state index in [-0.39, 0.29) is 17.4 Å². The molecule has 0 spiro atoms. The maximum Gasteiger partial charge on any atom is 0.176 e. The molecule has 1 rings (SSSR count). The Balaban J connectivity index is 3.19. The van der Waals surface area contributed by atoms with Gasteiger partial charge >= 0.3 is 0 Å². The highest BCUT2D eigenvalue weighted by atomic mass is 16.3. The number of rotatable bonds is 2. The Bertz CT molecular complexity index is 407. The number of aromatic nitrogens is 2. The molecule has 0 radical (unpaired) electrons. The zero-order valence-corrected chi connectivity index (χ0v) is 7.97. The van der Waals surface area contributed by atoms with Crippen molar-refractivity contribution in [3.8, 4) is 12.1 Å². The van der Waals surface area contributed by atoms with Gasteiger partial charge in [0.2, 0.25) is 0 Å². The van der Waals surface area contributed by atoms with Crippen molar-refractivity contribution >= 4 is 0 Å². The lowest BCUT2D eigenvalue weighted by Gasteiger charge is -2.16. The van der Waals surface area contributed by atoms with E-state index in [0.717, 1.165) is 0 Å². The summed E-state index contributed by atoms with van der Waals surface area (Å²) in [5, 5.41) is 26.8. The van der Waals surface area contributed by atoms with Crippen molar-refractivity contribution in [2.24, 2.45) is 0 Å². The fraction of sp³-hybridized carbons (Fsp3) is 0.444. The maximum atomic E-state index is 9.34. The van der Waals surface area contributed by atoms with Gasteiger partial charge < -0.3 is 9.67 Å². The van der Waals surface area contributed by atoms with E-state index in [0.29, 0.717) is 0 Å². The van der Waals surface area contributed by atoms with Gasteiger partial charge in [-0.05, 0) is 13.8 Å². The van der Waals surface area contributed by atoms with E-state index in [1.165, 1.54) is 10.9 Å². The van der Waals surface area contributed by atoms with Crippen LogP contribution in [0.5, 0.6) is 0 Å². The Morgan fingerprint density at radius 2 is 2.07 bits per heavy atom. The first-order valence-electron chi connectivity index (χ1n) is 4.17. The number of aliphatic hydroxyl groups is 1. The van der Waals surface area contributed by atoms with Crippen molar-refractivity contribution in [1.29, 1.82) is 10.5 Å². The summed E-state index contributed by atoms with van der Waals surface area (Å²) in [5.74, 6) is 0. The SMILES string of the molecule is CC(O)C(C)n1cnc(C#N)c1C#N. The molecule has 2 atom stereocenters. The second-order valence-corrected chi connectivity index (χ2v) is 3.05. The number of hydrogen-bond donors (Lipinski definition) is 1. The fourth-order valence-electron chi connectivity index (χ4n) is 1.09. The second kappa shape index (κ2) is 3.91. The molecule has 0 aliphatic rings. The summed E-state index contributed by atoms with van der Waals surface area (Å²) in [6.07, 6.45) is 0.803. The molecule has 72 valence electrons. The van der Waals surface area contributed by atoms with Crippen molar-refractivity contribution in [3.05, 3.63) is 17.7 Å². The third-order valence-corrected chi connectivity index (χ3v) is 2.14. The molecular weight excluding hydrogens is 180 g/mol. The van der Waals surface area contributed by atoms with Crippen LogP contribution in [-0.4, -0.2) is 20.8 Å². The van der Waals surface area contributed by atoms with Gasteiger partial charge in [0.05, 0.1) is 18.5 Å².